The molecule has 146 valence electrons. The van der Waals surface area contributed by atoms with Crippen LogP contribution in [0.4, 0.5) is 0 Å². The van der Waals surface area contributed by atoms with Gasteiger partial charge in [0.05, 0.1) is 39.1 Å². The molecule has 1 aliphatic heterocycles. The first kappa shape index (κ1) is 19.8. The van der Waals surface area contributed by atoms with Crippen LogP contribution >= 0.6 is 23.5 Å². The molecule has 1 saturated heterocycles. The predicted octanol–water partition coefficient (Wildman–Crippen LogP) is 3.81. The monoisotopic (exact) mass is 409 g/mol. The highest BCUT2D eigenvalue weighted by molar-refractivity contribution is 8.00. The first-order valence-corrected chi connectivity index (χ1v) is 10.7. The smallest absolute Gasteiger partial charge is 0.233 e. The molecular formula is C19H23NO5S2. The van der Waals surface area contributed by atoms with Gasteiger partial charge in [0.2, 0.25) is 11.7 Å². The van der Waals surface area contributed by atoms with Crippen molar-refractivity contribution in [1.82, 2.24) is 4.90 Å². The maximum atomic E-state index is 12.4. The summed E-state index contributed by atoms with van der Waals surface area (Å²) in [6.45, 7) is 0.679. The number of hydrogen-bond acceptors (Lipinski definition) is 7. The van der Waals surface area contributed by atoms with Crippen molar-refractivity contribution in [1.29, 1.82) is 0 Å². The number of nitrogens with zero attached hydrogens (tertiary/aromatic N) is 1. The van der Waals surface area contributed by atoms with Crippen molar-refractivity contribution in [2.24, 2.45) is 0 Å². The van der Waals surface area contributed by atoms with Crippen LogP contribution in [0.25, 0.3) is 0 Å². The fraction of sp³-hybridized carbons (Fsp3) is 0.421. The third kappa shape index (κ3) is 4.50. The maximum Gasteiger partial charge on any atom is 0.233 e. The molecule has 1 amide bonds. The Morgan fingerprint density at radius 3 is 2.56 bits per heavy atom. The van der Waals surface area contributed by atoms with Crippen LogP contribution in [-0.4, -0.2) is 50.2 Å². The highest BCUT2D eigenvalue weighted by atomic mass is 32.2. The van der Waals surface area contributed by atoms with Crippen molar-refractivity contribution < 1.29 is 23.4 Å². The van der Waals surface area contributed by atoms with E-state index in [9.17, 15) is 4.79 Å². The number of ether oxygens (including phenoxy) is 3. The highest BCUT2D eigenvalue weighted by Gasteiger charge is 2.33. The molecule has 1 aliphatic rings. The zero-order valence-electron chi connectivity index (χ0n) is 15.6. The summed E-state index contributed by atoms with van der Waals surface area (Å²) in [6, 6.07) is 7.68. The molecule has 1 fully saturated rings. The summed E-state index contributed by atoms with van der Waals surface area (Å²) in [5.41, 5.74) is 0.969. The van der Waals surface area contributed by atoms with Crippen molar-refractivity contribution in [2.75, 3.05) is 39.4 Å². The van der Waals surface area contributed by atoms with E-state index in [2.05, 4.69) is 0 Å². The summed E-state index contributed by atoms with van der Waals surface area (Å²) in [4.78, 5) is 14.3. The third-order valence-corrected chi connectivity index (χ3v) is 6.46. The van der Waals surface area contributed by atoms with Crippen LogP contribution in [0.5, 0.6) is 17.2 Å². The van der Waals surface area contributed by atoms with Gasteiger partial charge >= 0.3 is 0 Å². The standard InChI is InChI=1S/C19H23NO5S2/c1-22-15-9-13(10-16(23-2)18(15)24-3)19-20(17(21)12-27-19)6-8-26-11-14-5-4-7-25-14/h4-5,7,9-10,19H,6,8,11-12H2,1-3H3. The van der Waals surface area contributed by atoms with Gasteiger partial charge in [0, 0.05) is 12.3 Å². The number of furan rings is 1. The van der Waals surface area contributed by atoms with Gasteiger partial charge in [-0.3, -0.25) is 4.79 Å². The van der Waals surface area contributed by atoms with Gasteiger partial charge in [-0.05, 0) is 29.8 Å². The second-order valence-corrected chi connectivity index (χ2v) is 8.01. The SMILES string of the molecule is COc1cc(C2SCC(=O)N2CCSCc2ccco2)cc(OC)c1OC. The number of carbonyl (C=O) groups excluding carboxylic acids is 1. The molecule has 8 heteroatoms. The number of methoxy groups -OCH3 is 3. The number of thioether (sulfide) groups is 2. The summed E-state index contributed by atoms with van der Waals surface area (Å²) in [5.74, 6) is 4.96. The van der Waals surface area contributed by atoms with E-state index in [4.69, 9.17) is 18.6 Å². The maximum absolute atomic E-state index is 12.4. The number of carbonyl (C=O) groups is 1. The molecule has 6 nitrogen and oxygen atoms in total. The zero-order chi connectivity index (χ0) is 19.2. The van der Waals surface area contributed by atoms with Crippen molar-refractivity contribution in [2.45, 2.75) is 11.1 Å². The van der Waals surface area contributed by atoms with Crippen LogP contribution in [0.2, 0.25) is 0 Å². The van der Waals surface area contributed by atoms with E-state index in [1.54, 1.807) is 51.1 Å². The summed E-state index contributed by atoms with van der Waals surface area (Å²) < 4.78 is 21.6. The lowest BCUT2D eigenvalue weighted by atomic mass is 10.1. The second-order valence-electron chi connectivity index (χ2n) is 5.84. The van der Waals surface area contributed by atoms with Gasteiger partial charge in [-0.1, -0.05) is 0 Å². The minimum atomic E-state index is -0.0598. The van der Waals surface area contributed by atoms with E-state index in [0.29, 0.717) is 29.5 Å². The molecule has 0 saturated carbocycles. The van der Waals surface area contributed by atoms with Crippen LogP contribution < -0.4 is 14.2 Å². The Bertz CT molecular complexity index is 740. The van der Waals surface area contributed by atoms with Gasteiger partial charge in [0.15, 0.2) is 11.5 Å². The number of benzene rings is 1. The first-order chi connectivity index (χ1) is 13.2. The summed E-state index contributed by atoms with van der Waals surface area (Å²) in [5, 5.41) is -0.0598. The van der Waals surface area contributed by atoms with Crippen molar-refractivity contribution >= 4 is 29.4 Å². The van der Waals surface area contributed by atoms with E-state index < -0.39 is 0 Å². The van der Waals surface area contributed by atoms with Gasteiger partial charge in [-0.25, -0.2) is 0 Å². The number of hydrogen-bond donors (Lipinski definition) is 0. The lowest BCUT2D eigenvalue weighted by molar-refractivity contribution is -0.127. The molecule has 0 radical (unpaired) electrons. The van der Waals surface area contributed by atoms with Crippen LogP contribution in [0.15, 0.2) is 34.9 Å². The number of amides is 1. The predicted molar refractivity (Wildman–Crippen MR) is 108 cm³/mol. The van der Waals surface area contributed by atoms with E-state index in [-0.39, 0.29) is 11.3 Å². The molecular weight excluding hydrogens is 386 g/mol. The third-order valence-electron chi connectivity index (χ3n) is 4.24. The number of rotatable bonds is 9. The summed E-state index contributed by atoms with van der Waals surface area (Å²) in [6.07, 6.45) is 1.68. The van der Waals surface area contributed by atoms with Gasteiger partial charge in [0.1, 0.15) is 11.1 Å². The van der Waals surface area contributed by atoms with E-state index >= 15 is 0 Å². The van der Waals surface area contributed by atoms with Crippen molar-refractivity contribution in [3.05, 3.63) is 41.9 Å². The summed E-state index contributed by atoms with van der Waals surface area (Å²) >= 11 is 3.37. The normalized spacial score (nSPS) is 16.6. The van der Waals surface area contributed by atoms with Gasteiger partial charge in [0.25, 0.3) is 0 Å². The van der Waals surface area contributed by atoms with Crippen LogP contribution in [0, 0.1) is 0 Å². The first-order valence-electron chi connectivity index (χ1n) is 8.49. The largest absolute Gasteiger partial charge is 0.493 e. The van der Waals surface area contributed by atoms with Gasteiger partial charge in [-0.2, -0.15) is 11.8 Å². The Morgan fingerprint density at radius 1 is 1.22 bits per heavy atom. The average molecular weight is 410 g/mol. The fourth-order valence-electron chi connectivity index (χ4n) is 2.95. The summed E-state index contributed by atoms with van der Waals surface area (Å²) in [7, 11) is 4.77. The Hall–Kier alpha value is -1.93. The Kier molecular flexibility index (Phi) is 6.84. The topological polar surface area (TPSA) is 61.1 Å². The Balaban J connectivity index is 1.71. The molecule has 2 heterocycles. The average Bonchev–Trinajstić information content (AvgIpc) is 3.34. The van der Waals surface area contributed by atoms with E-state index in [1.165, 1.54) is 0 Å². The zero-order valence-corrected chi connectivity index (χ0v) is 17.2. The molecule has 27 heavy (non-hydrogen) atoms. The van der Waals surface area contributed by atoms with Gasteiger partial charge < -0.3 is 23.5 Å². The van der Waals surface area contributed by atoms with E-state index in [1.807, 2.05) is 29.2 Å². The molecule has 1 aromatic heterocycles. The Morgan fingerprint density at radius 2 is 1.96 bits per heavy atom. The molecule has 1 aromatic carbocycles. The van der Waals surface area contributed by atoms with Gasteiger partial charge in [-0.15, -0.1) is 11.8 Å². The van der Waals surface area contributed by atoms with Crippen LogP contribution in [0.1, 0.15) is 16.7 Å². The van der Waals surface area contributed by atoms with Crippen molar-refractivity contribution in [3.63, 3.8) is 0 Å². The molecule has 2 aromatic rings. The molecule has 0 N–H and O–H groups in total. The lowest BCUT2D eigenvalue weighted by Gasteiger charge is -2.25. The van der Waals surface area contributed by atoms with Crippen LogP contribution in [0.3, 0.4) is 0 Å². The lowest BCUT2D eigenvalue weighted by Crippen LogP contribution is -2.30. The molecule has 1 atom stereocenters. The van der Waals surface area contributed by atoms with E-state index in [0.717, 1.165) is 22.8 Å². The highest BCUT2D eigenvalue weighted by Crippen LogP contribution is 2.45. The molecule has 1 unspecified atom stereocenters. The van der Waals surface area contributed by atoms with Crippen molar-refractivity contribution in [3.8, 4) is 17.2 Å². The fourth-order valence-corrected chi connectivity index (χ4v) is 4.98. The van der Waals surface area contributed by atoms with Crippen LogP contribution in [-0.2, 0) is 10.5 Å². The minimum Gasteiger partial charge on any atom is -0.493 e. The Labute approximate surface area is 167 Å². The molecule has 3 rings (SSSR count). The molecule has 0 spiro atoms. The molecule has 0 bridgehead atoms. The quantitative estimate of drug-likeness (QED) is 0.584. The molecule has 0 aliphatic carbocycles. The second kappa shape index (κ2) is 9.32. The minimum absolute atomic E-state index is 0.0598.